The van der Waals surface area contributed by atoms with Crippen LogP contribution in [0.15, 0.2) is 66.7 Å². The first-order chi connectivity index (χ1) is 9.72. The Bertz CT molecular complexity index is 555. The van der Waals surface area contributed by atoms with Gasteiger partial charge in [0.25, 0.3) is 0 Å². The van der Waals surface area contributed by atoms with Crippen molar-refractivity contribution in [2.45, 2.75) is 12.5 Å². The van der Waals surface area contributed by atoms with Crippen LogP contribution in [-0.2, 0) is 11.3 Å². The van der Waals surface area contributed by atoms with E-state index in [0.717, 1.165) is 11.1 Å². The third-order valence-electron chi connectivity index (χ3n) is 2.47. The van der Waals surface area contributed by atoms with Crippen molar-refractivity contribution in [3.05, 3.63) is 77.9 Å². The fourth-order valence-electron chi connectivity index (χ4n) is 1.58. The molecule has 0 saturated carbocycles. The molecule has 2 atom stereocenters. The topological polar surface area (TPSA) is 29.5 Å². The first kappa shape index (κ1) is 10.1. The van der Waals surface area contributed by atoms with Gasteiger partial charge in [-0.25, -0.2) is 4.89 Å². The summed E-state index contributed by atoms with van der Waals surface area (Å²) in [7, 11) is 0. The molecule has 1 N–H and O–H groups in total. The highest BCUT2D eigenvalue weighted by molar-refractivity contribution is 5.49. The maximum Gasteiger partial charge on any atom is 0.115 e. The fraction of sp³-hybridized carbons (Fsp3) is 0.125. The van der Waals surface area contributed by atoms with Crippen molar-refractivity contribution in [1.29, 1.82) is 0 Å². The molecule has 0 aliphatic carbocycles. The van der Waals surface area contributed by atoms with Crippen molar-refractivity contribution >= 4 is 6.05 Å². The van der Waals surface area contributed by atoms with Crippen LogP contribution in [0.2, 0.25) is 0 Å². The Hall–Kier alpha value is -1.90. The molecule has 18 heavy (non-hydrogen) atoms. The Morgan fingerprint density at radius 3 is 2.33 bits per heavy atom. The van der Waals surface area contributed by atoms with Crippen LogP contribution in [0, 0.1) is 0 Å². The van der Waals surface area contributed by atoms with E-state index >= 15 is 0 Å². The van der Waals surface area contributed by atoms with Gasteiger partial charge in [-0.2, -0.15) is 0 Å². The van der Waals surface area contributed by atoms with Gasteiger partial charge in [-0.15, -0.1) is 0 Å². The lowest BCUT2D eigenvalue weighted by molar-refractivity contribution is -0.265. The molecule has 0 aromatic heterocycles. The normalized spacial score (nSPS) is 16.6. The van der Waals surface area contributed by atoms with Crippen molar-refractivity contribution in [3.63, 3.8) is 0 Å². The first-order valence-electron chi connectivity index (χ1n) is 6.81. The highest BCUT2D eigenvalue weighted by atomic mass is 17.1. The van der Waals surface area contributed by atoms with Crippen LogP contribution in [0.5, 0.6) is 0 Å². The largest absolute Gasteiger partial charge is 0.251 e. The molecule has 2 aromatic carbocycles. The van der Waals surface area contributed by atoms with Crippen molar-refractivity contribution in [1.82, 2.24) is 0 Å². The van der Waals surface area contributed by atoms with Crippen LogP contribution in [0.3, 0.4) is 0 Å². The minimum Gasteiger partial charge on any atom is -0.251 e. The second-order valence-electron chi connectivity index (χ2n) is 3.82. The van der Waals surface area contributed by atoms with Gasteiger partial charge in [0.15, 0.2) is 0 Å². The van der Waals surface area contributed by atoms with Crippen LogP contribution in [0.4, 0.5) is 0 Å². The predicted octanol–water partition coefficient (Wildman–Crippen LogP) is 3.80. The van der Waals surface area contributed by atoms with E-state index in [4.69, 9.17) is 8.00 Å². The molecule has 0 bridgehead atoms. The summed E-state index contributed by atoms with van der Waals surface area (Å²) in [6.07, 6.45) is -0.227. The Kier molecular flexibility index (Phi) is 3.77. The maximum absolute atomic E-state index is 9.01. The third-order valence-corrected chi connectivity index (χ3v) is 2.47. The van der Waals surface area contributed by atoms with E-state index in [-0.39, 0.29) is 6.05 Å². The highest BCUT2D eigenvalue weighted by Gasteiger charge is 2.05. The van der Waals surface area contributed by atoms with Crippen molar-refractivity contribution in [2.24, 2.45) is 0 Å². The Balaban J connectivity index is 2.21. The predicted molar refractivity (Wildman–Crippen MR) is 73.1 cm³/mol. The minimum absolute atomic E-state index is 0.220. The molecule has 0 saturated heterocycles. The summed E-state index contributed by atoms with van der Waals surface area (Å²) < 4.78 is 16.1. The van der Waals surface area contributed by atoms with E-state index < -0.39 is 12.5 Å². The standard InChI is InChI=1S/C16H16O2/c17-18-16(13-15-9-5-2-6-10-15)12-11-14-7-3-1-4-8-14/h1-12,16-17H,13H2/b12-11+/t16-/m1/s1/i11D,13D/t13-,16-. The molecule has 0 fully saturated rings. The van der Waals surface area contributed by atoms with E-state index in [1.54, 1.807) is 24.3 Å². The minimum atomic E-state index is -0.884. The summed E-state index contributed by atoms with van der Waals surface area (Å²) in [5, 5.41) is 9.01. The van der Waals surface area contributed by atoms with Crippen LogP contribution in [0.25, 0.3) is 6.05 Å². The molecular formula is C16H16O2. The lowest BCUT2D eigenvalue weighted by Crippen LogP contribution is -2.10. The van der Waals surface area contributed by atoms with Crippen LogP contribution in [-0.4, -0.2) is 11.4 Å². The van der Waals surface area contributed by atoms with Crippen molar-refractivity contribution in [2.75, 3.05) is 0 Å². The summed E-state index contributed by atoms with van der Waals surface area (Å²) in [6.45, 7) is 0. The van der Waals surface area contributed by atoms with Gasteiger partial charge in [0.2, 0.25) is 0 Å². The van der Waals surface area contributed by atoms with Crippen molar-refractivity contribution in [3.8, 4) is 0 Å². The van der Waals surface area contributed by atoms with Gasteiger partial charge in [-0.3, -0.25) is 5.26 Å². The maximum atomic E-state index is 9.01. The molecule has 2 heteroatoms. The molecule has 0 unspecified atom stereocenters. The van der Waals surface area contributed by atoms with E-state index in [1.165, 1.54) is 6.08 Å². The van der Waals surface area contributed by atoms with Crippen LogP contribution in [0.1, 0.15) is 13.9 Å². The molecule has 2 aromatic rings. The smallest absolute Gasteiger partial charge is 0.115 e. The molecule has 0 radical (unpaired) electrons. The second kappa shape index (κ2) is 6.74. The summed E-state index contributed by atoms with van der Waals surface area (Å²) in [4.78, 5) is 4.37. The van der Waals surface area contributed by atoms with Crippen molar-refractivity contribution < 1.29 is 12.9 Å². The molecule has 2 nitrogen and oxygen atoms in total. The number of hydrogen-bond acceptors (Lipinski definition) is 2. The summed E-state index contributed by atoms with van der Waals surface area (Å²) >= 11 is 0. The Morgan fingerprint density at radius 2 is 1.72 bits per heavy atom. The zero-order valence-electron chi connectivity index (χ0n) is 11.9. The molecule has 0 heterocycles. The molecule has 0 aliphatic heterocycles. The van der Waals surface area contributed by atoms with Gasteiger partial charge in [0.05, 0.1) is 1.37 Å². The SMILES string of the molecule is [2H]/C(=C\[C@@H](OO)[C@H]([2H])c1ccccc1)c1ccccc1. The molecule has 92 valence electrons. The zero-order valence-corrected chi connectivity index (χ0v) is 9.86. The Labute approximate surface area is 110 Å². The average molecular weight is 242 g/mol. The van der Waals surface area contributed by atoms with Crippen LogP contribution >= 0.6 is 0 Å². The summed E-state index contributed by atoms with van der Waals surface area (Å²) in [6, 6.07) is 18.5. The van der Waals surface area contributed by atoms with Gasteiger partial charge in [0, 0.05) is 7.77 Å². The Morgan fingerprint density at radius 1 is 1.11 bits per heavy atom. The average Bonchev–Trinajstić information content (AvgIpc) is 2.53. The molecule has 0 amide bonds. The van der Waals surface area contributed by atoms with Gasteiger partial charge in [-0.05, 0) is 11.1 Å². The molecule has 0 aliphatic rings. The molecule has 2 rings (SSSR count). The van der Waals surface area contributed by atoms with E-state index in [2.05, 4.69) is 4.89 Å². The van der Waals surface area contributed by atoms with Crippen LogP contribution < -0.4 is 0 Å². The lowest BCUT2D eigenvalue weighted by atomic mass is 10.1. The van der Waals surface area contributed by atoms with Gasteiger partial charge in [0.1, 0.15) is 6.10 Å². The molecule has 0 spiro atoms. The fourth-order valence-corrected chi connectivity index (χ4v) is 1.58. The highest BCUT2D eigenvalue weighted by Crippen LogP contribution is 2.09. The monoisotopic (exact) mass is 242 g/mol. The first-order valence-corrected chi connectivity index (χ1v) is 5.73. The number of hydrogen-bond donors (Lipinski definition) is 1. The third kappa shape index (κ3) is 3.84. The quantitative estimate of drug-likeness (QED) is 0.638. The second-order valence-corrected chi connectivity index (χ2v) is 3.82. The lowest BCUT2D eigenvalue weighted by Gasteiger charge is -2.08. The zero-order chi connectivity index (χ0) is 14.4. The summed E-state index contributed by atoms with van der Waals surface area (Å²) in [5.74, 6) is 0. The number of rotatable bonds is 5. The van der Waals surface area contributed by atoms with Gasteiger partial charge in [-0.1, -0.05) is 72.8 Å². The number of benzene rings is 2. The van der Waals surface area contributed by atoms with E-state index in [0.29, 0.717) is 0 Å². The van der Waals surface area contributed by atoms with E-state index in [1.807, 2.05) is 36.4 Å². The van der Waals surface area contributed by atoms with Gasteiger partial charge >= 0.3 is 0 Å². The molecular weight excluding hydrogens is 224 g/mol. The van der Waals surface area contributed by atoms with E-state index in [9.17, 15) is 0 Å². The summed E-state index contributed by atoms with van der Waals surface area (Å²) in [5.41, 5.74) is 1.44. The van der Waals surface area contributed by atoms with Gasteiger partial charge < -0.3 is 0 Å².